The Morgan fingerprint density at radius 1 is 1.15 bits per heavy atom. The average Bonchev–Trinajstić information content (AvgIpc) is 3.27. The van der Waals surface area contributed by atoms with E-state index in [1.165, 1.54) is 23.4 Å². The van der Waals surface area contributed by atoms with E-state index in [9.17, 15) is 13.6 Å². The quantitative estimate of drug-likeness (QED) is 0.347. The molecule has 0 atom stereocenters. The summed E-state index contributed by atoms with van der Waals surface area (Å²) >= 11 is 1.30. The normalized spacial score (nSPS) is 11.2. The fourth-order valence-corrected chi connectivity index (χ4v) is 4.10. The lowest BCUT2D eigenvalue weighted by molar-refractivity contribution is -0.127. The van der Waals surface area contributed by atoms with Crippen molar-refractivity contribution in [3.63, 3.8) is 0 Å². The minimum absolute atomic E-state index is 0.0362. The first kappa shape index (κ1) is 25.5. The standard InChI is InChI=1S/C24H28F2N4O3S/c1-5-32-21-12-17(6-11-20(21)33-23(25)26)13-29(4)22(31)14-34-24-28-27-15-30(24)19-9-7-18(8-10-19)16(2)3/h6-12,15-16,23H,5,13-14H2,1-4H3. The van der Waals surface area contributed by atoms with Gasteiger partial charge in [0.05, 0.1) is 12.4 Å². The first-order valence-corrected chi connectivity index (χ1v) is 11.8. The summed E-state index contributed by atoms with van der Waals surface area (Å²) < 4.78 is 36.9. The Morgan fingerprint density at radius 3 is 2.53 bits per heavy atom. The largest absolute Gasteiger partial charge is 0.490 e. The van der Waals surface area contributed by atoms with Crippen LogP contribution in [0.5, 0.6) is 11.5 Å². The highest BCUT2D eigenvalue weighted by Gasteiger charge is 2.16. The van der Waals surface area contributed by atoms with Crippen molar-refractivity contribution in [2.45, 2.75) is 45.0 Å². The van der Waals surface area contributed by atoms with E-state index < -0.39 is 6.61 Å². The van der Waals surface area contributed by atoms with Crippen molar-refractivity contribution >= 4 is 17.7 Å². The highest BCUT2D eigenvalue weighted by molar-refractivity contribution is 7.99. The van der Waals surface area contributed by atoms with Gasteiger partial charge >= 0.3 is 6.61 Å². The minimum Gasteiger partial charge on any atom is -0.490 e. The van der Waals surface area contributed by atoms with Gasteiger partial charge in [0.1, 0.15) is 6.33 Å². The van der Waals surface area contributed by atoms with Crippen molar-refractivity contribution in [1.29, 1.82) is 0 Å². The molecule has 0 radical (unpaired) electrons. The molecule has 0 saturated heterocycles. The minimum atomic E-state index is -2.94. The van der Waals surface area contributed by atoms with Gasteiger partial charge in [-0.2, -0.15) is 8.78 Å². The Labute approximate surface area is 202 Å². The number of ether oxygens (including phenoxy) is 2. The van der Waals surface area contributed by atoms with Crippen molar-refractivity contribution in [3.05, 3.63) is 59.9 Å². The van der Waals surface area contributed by atoms with Crippen molar-refractivity contribution in [1.82, 2.24) is 19.7 Å². The van der Waals surface area contributed by atoms with Crippen LogP contribution in [0.2, 0.25) is 0 Å². The molecule has 1 heterocycles. The molecule has 0 spiro atoms. The number of benzene rings is 2. The number of hydrogen-bond acceptors (Lipinski definition) is 6. The second-order valence-corrected chi connectivity index (χ2v) is 8.80. The molecule has 1 amide bonds. The Bertz CT molecular complexity index is 1090. The third-order valence-electron chi connectivity index (χ3n) is 5.05. The topological polar surface area (TPSA) is 69.5 Å². The van der Waals surface area contributed by atoms with Gasteiger partial charge in [0, 0.05) is 19.3 Å². The predicted octanol–water partition coefficient (Wildman–Crippen LogP) is 5.14. The smallest absolute Gasteiger partial charge is 0.387 e. The number of thioether (sulfide) groups is 1. The van der Waals surface area contributed by atoms with Crippen molar-refractivity contribution in [2.75, 3.05) is 19.4 Å². The number of nitrogens with zero attached hydrogens (tertiary/aromatic N) is 4. The molecule has 0 fully saturated rings. The Kier molecular flexibility index (Phi) is 8.86. The van der Waals surface area contributed by atoms with Gasteiger partial charge in [-0.3, -0.25) is 9.36 Å². The van der Waals surface area contributed by atoms with Crippen molar-refractivity contribution < 1.29 is 23.0 Å². The van der Waals surface area contributed by atoms with Gasteiger partial charge in [-0.25, -0.2) is 0 Å². The molecule has 0 aliphatic heterocycles. The number of amides is 1. The predicted molar refractivity (Wildman–Crippen MR) is 127 cm³/mol. The SMILES string of the molecule is CCOc1cc(CN(C)C(=O)CSc2nncn2-c2ccc(C(C)C)cc2)ccc1OC(F)F. The van der Waals surface area contributed by atoms with Crippen LogP contribution in [0.1, 0.15) is 37.8 Å². The van der Waals surface area contributed by atoms with Crippen LogP contribution in [0.3, 0.4) is 0 Å². The van der Waals surface area contributed by atoms with E-state index in [1.54, 1.807) is 37.3 Å². The molecule has 0 bridgehead atoms. The molecule has 10 heteroatoms. The van der Waals surface area contributed by atoms with Crippen LogP contribution in [0.4, 0.5) is 8.78 Å². The van der Waals surface area contributed by atoms with Crippen molar-refractivity contribution in [2.24, 2.45) is 0 Å². The molecule has 34 heavy (non-hydrogen) atoms. The lowest BCUT2D eigenvalue weighted by Crippen LogP contribution is -2.28. The summed E-state index contributed by atoms with van der Waals surface area (Å²) in [6, 6.07) is 12.8. The first-order valence-electron chi connectivity index (χ1n) is 10.9. The molecule has 1 aromatic heterocycles. The van der Waals surface area contributed by atoms with Crippen LogP contribution in [0, 0.1) is 0 Å². The molecule has 7 nitrogen and oxygen atoms in total. The summed E-state index contributed by atoms with van der Waals surface area (Å²) in [5, 5.41) is 8.75. The van der Waals surface area contributed by atoms with Gasteiger partial charge in [0.15, 0.2) is 16.7 Å². The molecule has 2 aromatic carbocycles. The summed E-state index contributed by atoms with van der Waals surface area (Å²) in [5.41, 5.74) is 2.90. The van der Waals surface area contributed by atoms with Gasteiger partial charge in [-0.1, -0.05) is 43.8 Å². The summed E-state index contributed by atoms with van der Waals surface area (Å²) in [5.74, 6) is 0.678. The Hall–Kier alpha value is -3.14. The number of aromatic nitrogens is 3. The van der Waals surface area contributed by atoms with Gasteiger partial charge in [-0.05, 0) is 48.2 Å². The van der Waals surface area contributed by atoms with E-state index in [1.807, 2.05) is 16.7 Å². The number of halogens is 2. The van der Waals surface area contributed by atoms with E-state index in [0.717, 1.165) is 11.3 Å². The molecule has 0 aliphatic carbocycles. The van der Waals surface area contributed by atoms with Crippen LogP contribution < -0.4 is 9.47 Å². The highest BCUT2D eigenvalue weighted by atomic mass is 32.2. The maximum Gasteiger partial charge on any atom is 0.387 e. The molecular formula is C24H28F2N4O3S. The first-order chi connectivity index (χ1) is 16.3. The number of carbonyl (C=O) groups is 1. The number of hydrogen-bond donors (Lipinski definition) is 0. The fourth-order valence-electron chi connectivity index (χ4n) is 3.23. The zero-order chi connectivity index (χ0) is 24.7. The average molecular weight is 491 g/mol. The van der Waals surface area contributed by atoms with Gasteiger partial charge in [0.2, 0.25) is 5.91 Å². The zero-order valence-electron chi connectivity index (χ0n) is 19.6. The maximum absolute atomic E-state index is 12.7. The maximum atomic E-state index is 12.7. The second-order valence-electron chi connectivity index (χ2n) is 7.86. The summed E-state index contributed by atoms with van der Waals surface area (Å²) in [7, 11) is 1.68. The van der Waals surface area contributed by atoms with Gasteiger partial charge < -0.3 is 14.4 Å². The number of alkyl halides is 2. The molecule has 0 saturated carbocycles. The van der Waals surface area contributed by atoms with Crippen LogP contribution >= 0.6 is 11.8 Å². The van der Waals surface area contributed by atoms with Crippen molar-refractivity contribution in [3.8, 4) is 17.2 Å². The van der Waals surface area contributed by atoms with E-state index in [4.69, 9.17) is 4.74 Å². The molecule has 0 N–H and O–H groups in total. The van der Waals surface area contributed by atoms with Gasteiger partial charge in [-0.15, -0.1) is 10.2 Å². The highest BCUT2D eigenvalue weighted by Crippen LogP contribution is 2.30. The Morgan fingerprint density at radius 2 is 1.88 bits per heavy atom. The van der Waals surface area contributed by atoms with Crippen LogP contribution in [-0.2, 0) is 11.3 Å². The number of rotatable bonds is 11. The summed E-state index contributed by atoms with van der Waals surface area (Å²) in [6.07, 6.45) is 1.62. The summed E-state index contributed by atoms with van der Waals surface area (Å²) in [6.45, 7) is 3.68. The lowest BCUT2D eigenvalue weighted by Gasteiger charge is -2.18. The molecular weight excluding hydrogens is 462 g/mol. The molecule has 3 rings (SSSR count). The van der Waals surface area contributed by atoms with Crippen LogP contribution in [0.15, 0.2) is 53.9 Å². The third-order valence-corrected chi connectivity index (χ3v) is 5.98. The van der Waals surface area contributed by atoms with E-state index in [2.05, 4.69) is 40.9 Å². The lowest BCUT2D eigenvalue weighted by atomic mass is 10.0. The molecule has 0 aliphatic rings. The summed E-state index contributed by atoms with van der Waals surface area (Å²) in [4.78, 5) is 14.3. The molecule has 3 aromatic rings. The molecule has 182 valence electrons. The van der Waals surface area contributed by atoms with E-state index in [-0.39, 0.29) is 29.7 Å². The van der Waals surface area contributed by atoms with Crippen LogP contribution in [-0.4, -0.2) is 51.6 Å². The zero-order valence-corrected chi connectivity index (χ0v) is 20.4. The van der Waals surface area contributed by atoms with E-state index >= 15 is 0 Å². The Balaban J connectivity index is 1.62. The third kappa shape index (κ3) is 6.69. The monoisotopic (exact) mass is 490 g/mol. The second kappa shape index (κ2) is 11.8. The number of carbonyl (C=O) groups excluding carboxylic acids is 1. The molecule has 0 unspecified atom stereocenters. The fraction of sp³-hybridized carbons (Fsp3) is 0.375. The van der Waals surface area contributed by atoms with E-state index in [0.29, 0.717) is 17.7 Å². The van der Waals surface area contributed by atoms with Crippen LogP contribution in [0.25, 0.3) is 5.69 Å². The van der Waals surface area contributed by atoms with Gasteiger partial charge in [0.25, 0.3) is 0 Å².